The Hall–Kier alpha value is -2.98. The fraction of sp³-hybridized carbons (Fsp3) is 0.686. The quantitative estimate of drug-likeness (QED) is 0.300. The monoisotopic (exact) mass is 625 g/mol. The number of likely N-dealkylation sites (tertiary alicyclic amines) is 1. The summed E-state index contributed by atoms with van der Waals surface area (Å²) in [7, 11) is 1.76. The van der Waals surface area contributed by atoms with Crippen LogP contribution in [0.2, 0.25) is 0 Å². The molecule has 1 aliphatic heterocycles. The van der Waals surface area contributed by atoms with Gasteiger partial charge in [0.2, 0.25) is 17.6 Å². The van der Waals surface area contributed by atoms with Gasteiger partial charge in [-0.05, 0) is 125 Å². The third-order valence-corrected chi connectivity index (χ3v) is 11.0. The number of anilines is 1. The average Bonchev–Trinajstić information content (AvgIpc) is 3.62. The van der Waals surface area contributed by atoms with Crippen LogP contribution in [0.5, 0.6) is 0 Å². The second-order valence-electron chi connectivity index (χ2n) is 13.8. The Morgan fingerprint density at radius 1 is 1.02 bits per heavy atom. The highest BCUT2D eigenvalue weighted by molar-refractivity contribution is 6.00. The predicted octanol–water partition coefficient (Wildman–Crippen LogP) is 5.85. The average molecular weight is 626 g/mol. The number of benzene rings is 1. The SMILES string of the molecule is COC1CCC([C@@H]2CCN(C(=O)C3CCC([C@H](N)CCF)CC3)[C@@H]2C(=O)Nc2ccc3oc(C(=O)OCC4CC4)cc3c2)CC1. The molecular weight excluding hydrogens is 577 g/mol. The number of carbonyl (C=O) groups is 3. The Morgan fingerprint density at radius 2 is 1.78 bits per heavy atom. The van der Waals surface area contributed by atoms with Crippen LogP contribution in [0, 0.1) is 29.6 Å². The second kappa shape index (κ2) is 14.2. The summed E-state index contributed by atoms with van der Waals surface area (Å²) in [6, 6.07) is 6.25. The highest BCUT2D eigenvalue weighted by atomic mass is 19.1. The highest BCUT2D eigenvalue weighted by Gasteiger charge is 2.47. The molecule has 4 aliphatic rings. The van der Waals surface area contributed by atoms with Crippen molar-refractivity contribution in [2.45, 2.75) is 95.2 Å². The maximum absolute atomic E-state index is 14.1. The number of esters is 1. The zero-order chi connectivity index (χ0) is 31.5. The minimum absolute atomic E-state index is 0.0559. The first-order valence-corrected chi connectivity index (χ1v) is 17.0. The normalized spacial score (nSPS) is 29.4. The minimum Gasteiger partial charge on any atom is -0.460 e. The topological polar surface area (TPSA) is 124 Å². The molecule has 1 aromatic heterocycles. The van der Waals surface area contributed by atoms with Crippen molar-refractivity contribution in [1.82, 2.24) is 4.90 Å². The van der Waals surface area contributed by atoms with Crippen LogP contribution in [0.3, 0.4) is 0 Å². The second-order valence-corrected chi connectivity index (χ2v) is 13.8. The van der Waals surface area contributed by atoms with Crippen LogP contribution in [0.4, 0.5) is 10.1 Å². The molecule has 4 fully saturated rings. The van der Waals surface area contributed by atoms with Crippen molar-refractivity contribution >= 4 is 34.4 Å². The molecule has 246 valence electrons. The van der Waals surface area contributed by atoms with Crippen molar-refractivity contribution in [2.24, 2.45) is 35.3 Å². The van der Waals surface area contributed by atoms with Crippen molar-refractivity contribution in [3.63, 3.8) is 0 Å². The molecular formula is C35H48FN3O6. The molecule has 2 amide bonds. The summed E-state index contributed by atoms with van der Waals surface area (Å²) < 4.78 is 29.6. The molecule has 2 heterocycles. The molecule has 45 heavy (non-hydrogen) atoms. The summed E-state index contributed by atoms with van der Waals surface area (Å²) in [5.74, 6) is 0.531. The lowest BCUT2D eigenvalue weighted by molar-refractivity contribution is -0.142. The van der Waals surface area contributed by atoms with Gasteiger partial charge in [-0.1, -0.05) is 0 Å². The van der Waals surface area contributed by atoms with E-state index < -0.39 is 18.7 Å². The van der Waals surface area contributed by atoms with Crippen molar-refractivity contribution in [1.29, 1.82) is 0 Å². The fourth-order valence-electron chi connectivity index (χ4n) is 8.02. The lowest BCUT2D eigenvalue weighted by Gasteiger charge is -2.37. The lowest BCUT2D eigenvalue weighted by atomic mass is 9.75. The van der Waals surface area contributed by atoms with Gasteiger partial charge in [0.15, 0.2) is 0 Å². The summed E-state index contributed by atoms with van der Waals surface area (Å²) in [4.78, 5) is 42.5. The summed E-state index contributed by atoms with van der Waals surface area (Å²) in [5.41, 5.74) is 7.34. The molecule has 10 heteroatoms. The van der Waals surface area contributed by atoms with Gasteiger partial charge in [-0.3, -0.25) is 14.0 Å². The number of methoxy groups -OCH3 is 1. The summed E-state index contributed by atoms with van der Waals surface area (Å²) in [6.45, 7) is 0.566. The number of alkyl halides is 1. The van der Waals surface area contributed by atoms with Crippen molar-refractivity contribution in [3.05, 3.63) is 30.0 Å². The number of ether oxygens (including phenoxy) is 2. The van der Waals surface area contributed by atoms with E-state index in [1.54, 1.807) is 31.4 Å². The zero-order valence-corrected chi connectivity index (χ0v) is 26.4. The summed E-state index contributed by atoms with van der Waals surface area (Å²) in [5, 5.41) is 3.81. The van der Waals surface area contributed by atoms with Crippen LogP contribution >= 0.6 is 0 Å². The van der Waals surface area contributed by atoms with Crippen LogP contribution in [0.1, 0.15) is 87.6 Å². The molecule has 3 aliphatic carbocycles. The van der Waals surface area contributed by atoms with Crippen molar-refractivity contribution in [3.8, 4) is 0 Å². The van der Waals surface area contributed by atoms with Gasteiger partial charge < -0.3 is 29.8 Å². The number of hydrogen-bond donors (Lipinski definition) is 2. The van der Waals surface area contributed by atoms with Crippen LogP contribution < -0.4 is 11.1 Å². The first-order valence-electron chi connectivity index (χ1n) is 17.0. The van der Waals surface area contributed by atoms with Gasteiger partial charge in [0.05, 0.1) is 19.4 Å². The molecule has 3 atom stereocenters. The van der Waals surface area contributed by atoms with Gasteiger partial charge in [0.1, 0.15) is 11.6 Å². The molecule has 0 unspecified atom stereocenters. The van der Waals surface area contributed by atoms with E-state index in [4.69, 9.17) is 19.6 Å². The molecule has 3 N–H and O–H groups in total. The number of amides is 2. The molecule has 1 saturated heterocycles. The molecule has 2 aromatic rings. The number of carbonyl (C=O) groups excluding carboxylic acids is 3. The molecule has 9 nitrogen and oxygen atoms in total. The predicted molar refractivity (Wildman–Crippen MR) is 168 cm³/mol. The van der Waals surface area contributed by atoms with Gasteiger partial charge in [-0.15, -0.1) is 0 Å². The standard InChI is InChI=1S/C35H48FN3O6/c1-43-27-11-8-22(9-12-27)28-15-17-39(34(41)24-6-4-23(5-7-24)29(37)14-16-36)32(28)33(40)38-26-10-13-30-25(18-26)19-31(45-30)35(42)44-20-21-2-3-21/h10,13,18-19,21-24,27-29,32H,2-9,11-12,14-17,20,37H2,1H3,(H,38,40)/t22?,23?,24?,27?,28-,29+,32-/m0/s1. The number of halogens is 1. The van der Waals surface area contributed by atoms with Gasteiger partial charge >= 0.3 is 5.97 Å². The maximum atomic E-state index is 14.1. The van der Waals surface area contributed by atoms with Crippen LogP contribution in [0.15, 0.2) is 28.7 Å². The van der Waals surface area contributed by atoms with E-state index in [2.05, 4.69) is 5.32 Å². The number of nitrogens with one attached hydrogen (secondary N) is 1. The number of nitrogens with two attached hydrogens (primary N) is 1. The van der Waals surface area contributed by atoms with E-state index in [-0.39, 0.29) is 47.5 Å². The van der Waals surface area contributed by atoms with E-state index >= 15 is 0 Å². The van der Waals surface area contributed by atoms with Crippen LogP contribution in [-0.2, 0) is 19.1 Å². The van der Waals surface area contributed by atoms with Crippen LogP contribution in [-0.4, -0.2) is 67.8 Å². The number of furan rings is 1. The first kappa shape index (κ1) is 32.0. The third kappa shape index (κ3) is 7.38. The Kier molecular flexibility index (Phi) is 10.1. The Labute approximate surface area is 264 Å². The van der Waals surface area contributed by atoms with Crippen molar-refractivity contribution in [2.75, 3.05) is 32.3 Å². The molecule has 0 radical (unpaired) electrons. The van der Waals surface area contributed by atoms with Crippen molar-refractivity contribution < 1.29 is 32.7 Å². The highest BCUT2D eigenvalue weighted by Crippen LogP contribution is 2.42. The molecule has 1 aromatic carbocycles. The third-order valence-electron chi connectivity index (χ3n) is 11.0. The van der Waals surface area contributed by atoms with Crippen LogP contribution in [0.25, 0.3) is 11.0 Å². The van der Waals surface area contributed by atoms with E-state index in [9.17, 15) is 18.8 Å². The first-order chi connectivity index (χ1) is 21.8. The number of hydrogen-bond acceptors (Lipinski definition) is 7. The van der Waals surface area contributed by atoms with Gasteiger partial charge in [-0.25, -0.2) is 4.79 Å². The Morgan fingerprint density at radius 3 is 2.47 bits per heavy atom. The van der Waals surface area contributed by atoms with Gasteiger partial charge in [-0.2, -0.15) is 0 Å². The van der Waals surface area contributed by atoms with Gasteiger partial charge in [0.25, 0.3) is 0 Å². The minimum atomic E-state index is -0.555. The molecule has 0 spiro atoms. The summed E-state index contributed by atoms with van der Waals surface area (Å²) >= 11 is 0. The number of fused-ring (bicyclic) bond motifs is 1. The van der Waals surface area contributed by atoms with E-state index in [0.29, 0.717) is 48.1 Å². The summed E-state index contributed by atoms with van der Waals surface area (Å²) in [6.07, 6.45) is 10.6. The zero-order valence-electron chi connectivity index (χ0n) is 26.4. The Bertz CT molecular complexity index is 1340. The number of nitrogens with zero attached hydrogens (tertiary/aromatic N) is 1. The van der Waals surface area contributed by atoms with Gasteiger partial charge in [0, 0.05) is 36.7 Å². The smallest absolute Gasteiger partial charge is 0.374 e. The van der Waals surface area contributed by atoms with E-state index in [1.165, 1.54) is 0 Å². The molecule has 3 saturated carbocycles. The number of rotatable bonds is 11. The lowest BCUT2D eigenvalue weighted by Crippen LogP contribution is -2.50. The molecule has 0 bridgehead atoms. The largest absolute Gasteiger partial charge is 0.460 e. The van der Waals surface area contributed by atoms with E-state index in [0.717, 1.165) is 70.6 Å². The van der Waals surface area contributed by atoms with E-state index in [1.807, 2.05) is 4.90 Å². The molecule has 6 rings (SSSR count). The Balaban J connectivity index is 1.16. The fourth-order valence-corrected chi connectivity index (χ4v) is 8.02. The maximum Gasteiger partial charge on any atom is 0.374 e.